The van der Waals surface area contributed by atoms with Crippen LogP contribution in [0.5, 0.6) is 0 Å². The number of nitrogens with zero attached hydrogens (tertiary/aromatic N) is 4. The number of anilines is 1. The molecular weight excluding hydrogens is 264 g/mol. The lowest BCUT2D eigenvalue weighted by atomic mass is 10.1. The highest BCUT2D eigenvalue weighted by molar-refractivity contribution is 5.59. The number of fused-ring (bicyclic) bond motifs is 1. The van der Waals surface area contributed by atoms with Crippen LogP contribution >= 0.6 is 0 Å². The van der Waals surface area contributed by atoms with Crippen LogP contribution in [0.4, 0.5) is 5.82 Å². The fourth-order valence-corrected chi connectivity index (χ4v) is 3.01. The maximum Gasteiger partial charge on any atom is 0.181 e. The largest absolute Gasteiger partial charge is 0.382 e. The number of nitrogen functional groups attached to an aromatic ring is 1. The molecule has 0 saturated carbocycles. The van der Waals surface area contributed by atoms with Gasteiger partial charge in [0.2, 0.25) is 0 Å². The van der Waals surface area contributed by atoms with Crippen LogP contribution in [0.25, 0.3) is 17.2 Å². The zero-order valence-corrected chi connectivity index (χ0v) is 11.8. The summed E-state index contributed by atoms with van der Waals surface area (Å²) in [4.78, 5) is 4.52. The predicted molar refractivity (Wildman–Crippen MR) is 80.1 cm³/mol. The summed E-state index contributed by atoms with van der Waals surface area (Å²) in [7, 11) is 0. The second-order valence-electron chi connectivity index (χ2n) is 5.37. The minimum absolute atomic E-state index is 0.454. The molecule has 1 aliphatic rings. The molecule has 1 aliphatic carbocycles. The maximum absolute atomic E-state index is 5.70. The Morgan fingerprint density at radius 1 is 1.29 bits per heavy atom. The Labute approximate surface area is 122 Å². The third-order valence-corrected chi connectivity index (χ3v) is 3.90. The van der Waals surface area contributed by atoms with Gasteiger partial charge in [-0.05, 0) is 43.4 Å². The lowest BCUT2D eigenvalue weighted by molar-refractivity contribution is 0.845. The van der Waals surface area contributed by atoms with Gasteiger partial charge in [0.05, 0.1) is 5.69 Å². The van der Waals surface area contributed by atoms with Crippen molar-refractivity contribution in [2.45, 2.75) is 26.2 Å². The van der Waals surface area contributed by atoms with Crippen LogP contribution in [0.3, 0.4) is 0 Å². The molecule has 3 aromatic rings. The molecule has 0 spiro atoms. The van der Waals surface area contributed by atoms with Crippen LogP contribution in [0.2, 0.25) is 0 Å². The monoisotopic (exact) mass is 280 g/mol. The van der Waals surface area contributed by atoms with Crippen LogP contribution in [0, 0.1) is 6.92 Å². The topological polar surface area (TPSA) is 85.4 Å². The van der Waals surface area contributed by atoms with E-state index in [1.165, 1.54) is 17.5 Å². The van der Waals surface area contributed by atoms with Crippen molar-refractivity contribution >= 4 is 5.82 Å². The van der Waals surface area contributed by atoms with Gasteiger partial charge in [-0.25, -0.2) is 9.67 Å². The van der Waals surface area contributed by atoms with Crippen molar-refractivity contribution in [1.29, 1.82) is 0 Å². The number of H-pyrrole nitrogens is 1. The summed E-state index contributed by atoms with van der Waals surface area (Å²) < 4.78 is 1.90. The Hall–Kier alpha value is -2.63. The van der Waals surface area contributed by atoms with Gasteiger partial charge in [0.15, 0.2) is 5.82 Å². The smallest absolute Gasteiger partial charge is 0.181 e. The second kappa shape index (κ2) is 4.44. The number of benzene rings is 1. The van der Waals surface area contributed by atoms with Gasteiger partial charge in [-0.1, -0.05) is 12.1 Å². The molecule has 6 nitrogen and oxygen atoms in total. The van der Waals surface area contributed by atoms with Crippen LogP contribution in [-0.2, 0) is 12.8 Å². The Balaban J connectivity index is 1.92. The Morgan fingerprint density at radius 2 is 2.19 bits per heavy atom. The maximum atomic E-state index is 5.70. The first-order chi connectivity index (χ1) is 10.2. The van der Waals surface area contributed by atoms with Gasteiger partial charge in [0, 0.05) is 6.07 Å². The van der Waals surface area contributed by atoms with E-state index in [-0.39, 0.29) is 0 Å². The van der Waals surface area contributed by atoms with Crippen molar-refractivity contribution in [1.82, 2.24) is 25.0 Å². The Morgan fingerprint density at radius 3 is 3.00 bits per heavy atom. The Bertz CT molecular complexity index is 813. The van der Waals surface area contributed by atoms with Gasteiger partial charge in [0.25, 0.3) is 0 Å². The number of nitrogens with one attached hydrogen (secondary N) is 1. The van der Waals surface area contributed by atoms with Crippen LogP contribution in [0.1, 0.15) is 23.4 Å². The molecule has 4 rings (SSSR count). The molecule has 0 fully saturated rings. The predicted octanol–water partition coefficient (Wildman–Crippen LogP) is 2.04. The van der Waals surface area contributed by atoms with E-state index in [4.69, 9.17) is 5.73 Å². The number of aromatic nitrogens is 5. The molecule has 0 aliphatic heterocycles. The zero-order valence-electron chi connectivity index (χ0n) is 11.8. The third-order valence-electron chi connectivity index (χ3n) is 3.90. The number of rotatable bonds is 2. The van der Waals surface area contributed by atoms with E-state index in [0.717, 1.165) is 35.9 Å². The van der Waals surface area contributed by atoms with Crippen LogP contribution < -0.4 is 5.73 Å². The summed E-state index contributed by atoms with van der Waals surface area (Å²) in [5.74, 6) is 1.93. The van der Waals surface area contributed by atoms with Crippen molar-refractivity contribution in [3.05, 3.63) is 41.2 Å². The summed E-state index contributed by atoms with van der Waals surface area (Å²) in [6.07, 6.45) is 3.44. The van der Waals surface area contributed by atoms with Crippen LogP contribution in [-0.4, -0.2) is 25.0 Å². The fourth-order valence-electron chi connectivity index (χ4n) is 3.01. The van der Waals surface area contributed by atoms with Gasteiger partial charge in [-0.3, -0.25) is 5.10 Å². The highest BCUT2D eigenvalue weighted by Gasteiger charge is 2.20. The van der Waals surface area contributed by atoms with Crippen molar-refractivity contribution in [3.8, 4) is 17.2 Å². The van der Waals surface area contributed by atoms with Crippen molar-refractivity contribution in [3.63, 3.8) is 0 Å². The molecule has 0 bridgehead atoms. The number of hydrogen-bond acceptors (Lipinski definition) is 4. The van der Waals surface area contributed by atoms with Gasteiger partial charge >= 0.3 is 0 Å². The van der Waals surface area contributed by atoms with Crippen molar-refractivity contribution in [2.24, 2.45) is 0 Å². The summed E-state index contributed by atoms with van der Waals surface area (Å²) in [5.41, 5.74) is 10.4. The summed E-state index contributed by atoms with van der Waals surface area (Å²) in [6, 6.07) is 8.16. The molecule has 1 aromatic carbocycles. The molecule has 0 radical (unpaired) electrons. The second-order valence-corrected chi connectivity index (χ2v) is 5.37. The first kappa shape index (κ1) is 12.1. The van der Waals surface area contributed by atoms with E-state index in [1.54, 1.807) is 6.07 Å². The first-order valence-corrected chi connectivity index (χ1v) is 7.08. The number of nitrogens with two attached hydrogens (primary N) is 1. The molecule has 0 unspecified atom stereocenters. The molecule has 106 valence electrons. The van der Waals surface area contributed by atoms with E-state index < -0.39 is 0 Å². The molecule has 0 atom stereocenters. The highest BCUT2D eigenvalue weighted by atomic mass is 15.4. The Kier molecular flexibility index (Phi) is 2.57. The van der Waals surface area contributed by atoms with Gasteiger partial charge in [-0.2, -0.15) is 10.2 Å². The third kappa shape index (κ3) is 1.91. The van der Waals surface area contributed by atoms with E-state index in [0.29, 0.717) is 5.82 Å². The first-order valence-electron chi connectivity index (χ1n) is 7.08. The minimum Gasteiger partial charge on any atom is -0.382 e. The molecule has 6 heteroatoms. The fraction of sp³-hybridized carbons (Fsp3) is 0.267. The van der Waals surface area contributed by atoms with E-state index in [1.807, 2.05) is 11.6 Å². The normalized spacial score (nSPS) is 13.6. The van der Waals surface area contributed by atoms with Gasteiger partial charge in [0.1, 0.15) is 17.3 Å². The number of aryl methyl sites for hydroxylation is 2. The molecule has 0 amide bonds. The van der Waals surface area contributed by atoms with E-state index in [2.05, 4.69) is 38.5 Å². The number of aromatic amines is 1. The SMILES string of the molecule is Cc1nc(-c2cc(N)n[nH]2)n(-c2cccc3c2CCC3)n1. The van der Waals surface area contributed by atoms with Gasteiger partial charge < -0.3 is 5.73 Å². The average molecular weight is 280 g/mol. The lowest BCUT2D eigenvalue weighted by Gasteiger charge is -2.10. The molecule has 2 heterocycles. The molecular formula is C15H16N6. The average Bonchev–Trinajstić information content (AvgIpc) is 3.16. The van der Waals surface area contributed by atoms with E-state index >= 15 is 0 Å². The summed E-state index contributed by atoms with van der Waals surface area (Å²) in [6.45, 7) is 1.89. The summed E-state index contributed by atoms with van der Waals surface area (Å²) >= 11 is 0. The summed E-state index contributed by atoms with van der Waals surface area (Å²) in [5, 5.41) is 11.5. The number of hydrogen-bond donors (Lipinski definition) is 2. The molecule has 0 saturated heterocycles. The zero-order chi connectivity index (χ0) is 14.4. The van der Waals surface area contributed by atoms with Gasteiger partial charge in [-0.15, -0.1) is 0 Å². The molecule has 3 N–H and O–H groups in total. The molecule has 2 aromatic heterocycles. The van der Waals surface area contributed by atoms with Crippen molar-refractivity contribution < 1.29 is 0 Å². The quantitative estimate of drug-likeness (QED) is 0.752. The minimum atomic E-state index is 0.454. The van der Waals surface area contributed by atoms with E-state index in [9.17, 15) is 0 Å². The standard InChI is InChI=1S/C15H16N6/c1-9-17-15(12-8-14(16)19-18-12)21(20-9)13-7-3-5-10-4-2-6-11(10)13/h3,5,7-8H,2,4,6H2,1H3,(H3,16,18,19). The van der Waals surface area contributed by atoms with Crippen molar-refractivity contribution in [2.75, 3.05) is 5.73 Å². The molecule has 21 heavy (non-hydrogen) atoms. The lowest BCUT2D eigenvalue weighted by Crippen LogP contribution is -2.04. The van der Waals surface area contributed by atoms with Crippen LogP contribution in [0.15, 0.2) is 24.3 Å². The highest BCUT2D eigenvalue weighted by Crippen LogP contribution is 2.30.